The molecule has 0 aliphatic rings. The van der Waals surface area contributed by atoms with Crippen LogP contribution in [0.15, 0.2) is 36.5 Å². The minimum absolute atomic E-state index is 0.0752. The van der Waals surface area contributed by atoms with Crippen LogP contribution in [0, 0.1) is 0 Å². The summed E-state index contributed by atoms with van der Waals surface area (Å²) < 4.78 is 5.90. The summed E-state index contributed by atoms with van der Waals surface area (Å²) in [5.74, 6) is -0.483. The summed E-state index contributed by atoms with van der Waals surface area (Å²) >= 11 is 0. The zero-order valence-corrected chi connectivity index (χ0v) is 38.0. The molecule has 3 N–H and O–H groups in total. The van der Waals surface area contributed by atoms with Gasteiger partial charge in [0.1, 0.15) is 6.10 Å². The van der Waals surface area contributed by atoms with E-state index in [1.807, 2.05) is 0 Å². The van der Waals surface area contributed by atoms with Gasteiger partial charge in [-0.15, -0.1) is 0 Å². The van der Waals surface area contributed by atoms with E-state index in [0.29, 0.717) is 19.3 Å². The van der Waals surface area contributed by atoms with E-state index in [1.54, 1.807) is 0 Å². The number of esters is 1. The van der Waals surface area contributed by atoms with Crippen molar-refractivity contribution in [1.29, 1.82) is 0 Å². The van der Waals surface area contributed by atoms with Crippen LogP contribution in [0.5, 0.6) is 0 Å². The molecule has 0 bridgehead atoms. The van der Waals surface area contributed by atoms with Gasteiger partial charge in [0.05, 0.1) is 25.2 Å². The first-order chi connectivity index (χ1) is 28.0. The Morgan fingerprint density at radius 2 is 0.947 bits per heavy atom. The Bertz CT molecular complexity index is 946. The van der Waals surface area contributed by atoms with E-state index in [1.165, 1.54) is 148 Å². The molecule has 1 amide bonds. The van der Waals surface area contributed by atoms with Crippen molar-refractivity contribution in [1.82, 2.24) is 5.32 Å². The second-order valence-corrected chi connectivity index (χ2v) is 16.9. The van der Waals surface area contributed by atoms with Gasteiger partial charge in [-0.2, -0.15) is 0 Å². The second-order valence-electron chi connectivity index (χ2n) is 16.9. The van der Waals surface area contributed by atoms with Crippen LogP contribution in [-0.2, 0) is 14.3 Å². The molecule has 334 valence electrons. The molecule has 0 spiro atoms. The first kappa shape index (κ1) is 55.1. The van der Waals surface area contributed by atoms with Crippen LogP contribution in [0.3, 0.4) is 0 Å². The molecule has 0 aliphatic heterocycles. The summed E-state index contributed by atoms with van der Waals surface area (Å²) in [5, 5.41) is 23.7. The molecule has 0 rings (SSSR count). The molecule has 57 heavy (non-hydrogen) atoms. The summed E-state index contributed by atoms with van der Waals surface area (Å²) in [6, 6.07) is -0.699. The van der Waals surface area contributed by atoms with Crippen LogP contribution in [0.4, 0.5) is 0 Å². The molecule has 0 fully saturated rings. The van der Waals surface area contributed by atoms with Crippen LogP contribution in [0.1, 0.15) is 252 Å². The fourth-order valence-electron chi connectivity index (χ4n) is 7.55. The van der Waals surface area contributed by atoms with E-state index in [4.69, 9.17) is 4.74 Å². The molecule has 0 aromatic carbocycles. The number of amides is 1. The van der Waals surface area contributed by atoms with E-state index in [0.717, 1.165) is 57.8 Å². The highest BCUT2D eigenvalue weighted by molar-refractivity contribution is 5.77. The van der Waals surface area contributed by atoms with Crippen molar-refractivity contribution in [3.05, 3.63) is 36.5 Å². The molecule has 0 saturated carbocycles. The van der Waals surface area contributed by atoms with E-state index < -0.39 is 18.2 Å². The maximum absolute atomic E-state index is 13.1. The highest BCUT2D eigenvalue weighted by Crippen LogP contribution is 2.18. The average Bonchev–Trinajstić information content (AvgIpc) is 3.20. The van der Waals surface area contributed by atoms with E-state index >= 15 is 0 Å². The minimum atomic E-state index is -0.785. The van der Waals surface area contributed by atoms with E-state index in [9.17, 15) is 19.8 Å². The van der Waals surface area contributed by atoms with Crippen molar-refractivity contribution < 1.29 is 24.5 Å². The van der Waals surface area contributed by atoms with Crippen LogP contribution >= 0.6 is 0 Å². The van der Waals surface area contributed by atoms with Gasteiger partial charge in [-0.25, -0.2) is 0 Å². The standard InChI is InChI=1S/C51H95NO5/c1-4-7-10-13-16-19-21-23-25-27-29-31-34-37-40-43-49(54)48(46-53)52-50(55)45-47(42-39-36-33-18-15-12-9-6-3)57-51(56)44-41-38-35-32-30-28-26-24-22-20-17-14-11-8-5-2/h8,11,14,17,20,22,47-49,53-54H,4-7,9-10,12-13,15-16,18-19,21,23-46H2,1-3H3,(H,52,55)/b11-8+,17-14+,22-20+. The molecule has 3 atom stereocenters. The van der Waals surface area contributed by atoms with E-state index in [-0.39, 0.29) is 24.9 Å². The number of nitrogens with one attached hydrogen (secondary N) is 1. The Kier molecular flexibility index (Phi) is 43.6. The van der Waals surface area contributed by atoms with Crippen molar-refractivity contribution in [2.75, 3.05) is 6.61 Å². The summed E-state index contributed by atoms with van der Waals surface area (Å²) in [7, 11) is 0. The van der Waals surface area contributed by atoms with Crippen LogP contribution in [-0.4, -0.2) is 46.9 Å². The lowest BCUT2D eigenvalue weighted by atomic mass is 10.0. The number of ether oxygens (including phenoxy) is 1. The third-order valence-corrected chi connectivity index (χ3v) is 11.3. The van der Waals surface area contributed by atoms with Gasteiger partial charge in [-0.1, -0.05) is 231 Å². The molecular weight excluding hydrogens is 707 g/mol. The zero-order valence-electron chi connectivity index (χ0n) is 38.0. The summed E-state index contributed by atoms with van der Waals surface area (Å²) in [4.78, 5) is 26.0. The van der Waals surface area contributed by atoms with Gasteiger partial charge >= 0.3 is 5.97 Å². The third kappa shape index (κ3) is 40.6. The lowest BCUT2D eigenvalue weighted by Crippen LogP contribution is -2.46. The first-order valence-corrected chi connectivity index (χ1v) is 24.7. The molecule has 0 aliphatic carbocycles. The van der Waals surface area contributed by atoms with Crippen molar-refractivity contribution >= 4 is 11.9 Å². The summed E-state index contributed by atoms with van der Waals surface area (Å²) in [6.45, 7) is 6.34. The van der Waals surface area contributed by atoms with Gasteiger partial charge in [-0.05, 0) is 44.9 Å². The number of hydrogen-bond donors (Lipinski definition) is 3. The fraction of sp³-hybridized carbons (Fsp3) is 0.843. The third-order valence-electron chi connectivity index (χ3n) is 11.3. The number of unbranched alkanes of at least 4 members (excludes halogenated alkanes) is 28. The molecule has 0 saturated heterocycles. The maximum Gasteiger partial charge on any atom is 0.306 e. The number of rotatable bonds is 44. The molecule has 6 nitrogen and oxygen atoms in total. The summed E-state index contributed by atoms with van der Waals surface area (Å²) in [6.07, 6.45) is 52.1. The number of carbonyl (C=O) groups excluding carboxylic acids is 2. The number of aliphatic hydroxyl groups excluding tert-OH is 2. The highest BCUT2D eigenvalue weighted by atomic mass is 16.5. The largest absolute Gasteiger partial charge is 0.462 e. The average molecular weight is 802 g/mol. The normalized spacial score (nSPS) is 13.6. The van der Waals surface area contributed by atoms with Gasteiger partial charge in [0.2, 0.25) is 5.91 Å². The maximum atomic E-state index is 13.1. The Labute approximate surface area is 353 Å². The molecule has 3 unspecified atom stereocenters. The predicted molar refractivity (Wildman–Crippen MR) is 246 cm³/mol. The monoisotopic (exact) mass is 802 g/mol. The Morgan fingerprint density at radius 3 is 1.42 bits per heavy atom. The Balaban J connectivity index is 4.42. The Morgan fingerprint density at radius 1 is 0.526 bits per heavy atom. The number of carbonyl (C=O) groups is 2. The zero-order chi connectivity index (χ0) is 41.7. The fourth-order valence-corrected chi connectivity index (χ4v) is 7.55. The minimum Gasteiger partial charge on any atom is -0.462 e. The van der Waals surface area contributed by atoms with Crippen molar-refractivity contribution in [2.24, 2.45) is 0 Å². The lowest BCUT2D eigenvalue weighted by Gasteiger charge is -2.24. The molecular formula is C51H95NO5. The highest BCUT2D eigenvalue weighted by Gasteiger charge is 2.24. The van der Waals surface area contributed by atoms with Crippen molar-refractivity contribution in [3.8, 4) is 0 Å². The Hall–Kier alpha value is -1.92. The molecule has 0 aromatic heterocycles. The smallest absolute Gasteiger partial charge is 0.306 e. The molecule has 0 heterocycles. The predicted octanol–water partition coefficient (Wildman–Crippen LogP) is 14.5. The van der Waals surface area contributed by atoms with Gasteiger partial charge in [0, 0.05) is 6.42 Å². The second kappa shape index (κ2) is 45.2. The molecule has 0 radical (unpaired) electrons. The lowest BCUT2D eigenvalue weighted by molar-refractivity contribution is -0.151. The molecule has 6 heteroatoms. The molecule has 0 aromatic rings. The number of hydrogen-bond acceptors (Lipinski definition) is 5. The van der Waals surface area contributed by atoms with Gasteiger partial charge in [0.25, 0.3) is 0 Å². The first-order valence-electron chi connectivity index (χ1n) is 24.7. The topological polar surface area (TPSA) is 95.9 Å². The quantitative estimate of drug-likeness (QED) is 0.0324. The van der Waals surface area contributed by atoms with Crippen LogP contribution < -0.4 is 5.32 Å². The SMILES string of the molecule is CC/C=C/C=C/C=C/CCCCCCCCCC(=O)OC(CCCCCCCCCC)CC(=O)NC(CO)C(O)CCCCCCCCCCCCCCCCC. The van der Waals surface area contributed by atoms with E-state index in [2.05, 4.69) is 62.5 Å². The van der Waals surface area contributed by atoms with Crippen LogP contribution in [0.25, 0.3) is 0 Å². The van der Waals surface area contributed by atoms with Crippen molar-refractivity contribution in [3.63, 3.8) is 0 Å². The number of aliphatic hydroxyl groups is 2. The van der Waals surface area contributed by atoms with Gasteiger partial charge in [0.15, 0.2) is 0 Å². The number of allylic oxidation sites excluding steroid dienone is 6. The van der Waals surface area contributed by atoms with Crippen LogP contribution in [0.2, 0.25) is 0 Å². The summed E-state index contributed by atoms with van der Waals surface area (Å²) in [5.41, 5.74) is 0. The van der Waals surface area contributed by atoms with Gasteiger partial charge in [-0.3, -0.25) is 9.59 Å². The van der Waals surface area contributed by atoms with Gasteiger partial charge < -0.3 is 20.3 Å². The van der Waals surface area contributed by atoms with Crippen molar-refractivity contribution in [2.45, 2.75) is 270 Å².